The van der Waals surface area contributed by atoms with Crippen LogP contribution in [0, 0.1) is 0 Å². The molecule has 0 spiro atoms. The smallest absolute Gasteiger partial charge is 0.198 e. The van der Waals surface area contributed by atoms with Crippen LogP contribution in [0.1, 0.15) is 24.3 Å². The van der Waals surface area contributed by atoms with Crippen LogP contribution < -0.4 is 5.32 Å². The molecule has 3 nitrogen and oxygen atoms in total. The standard InChI is InChI=1S/C11H11BrClNO2/c1-2-14-9(7-3-5-16-11(7)13)10-8(12)4-6-15-10/h3-6,9,14H,2H2,1H3. The monoisotopic (exact) mass is 303 g/mol. The van der Waals surface area contributed by atoms with Crippen LogP contribution >= 0.6 is 27.5 Å². The molecule has 1 atom stereocenters. The van der Waals surface area contributed by atoms with Crippen LogP contribution in [-0.4, -0.2) is 6.54 Å². The Bertz CT molecular complexity index is 426. The van der Waals surface area contributed by atoms with Crippen LogP contribution in [0.5, 0.6) is 0 Å². The molecule has 16 heavy (non-hydrogen) atoms. The zero-order chi connectivity index (χ0) is 11.5. The first-order valence-corrected chi connectivity index (χ1v) is 6.10. The predicted octanol–water partition coefficient (Wildman–Crippen LogP) is 3.99. The molecule has 2 heterocycles. The molecule has 2 aromatic heterocycles. The third-order valence-corrected chi connectivity index (χ3v) is 3.23. The second-order valence-corrected chi connectivity index (χ2v) is 4.47. The van der Waals surface area contributed by atoms with E-state index in [1.54, 1.807) is 12.5 Å². The van der Waals surface area contributed by atoms with Crippen molar-refractivity contribution in [2.45, 2.75) is 13.0 Å². The van der Waals surface area contributed by atoms with Crippen molar-refractivity contribution in [1.82, 2.24) is 5.32 Å². The summed E-state index contributed by atoms with van der Waals surface area (Å²) in [7, 11) is 0. The zero-order valence-electron chi connectivity index (χ0n) is 8.67. The van der Waals surface area contributed by atoms with E-state index in [1.807, 2.05) is 19.1 Å². The van der Waals surface area contributed by atoms with Gasteiger partial charge < -0.3 is 14.2 Å². The van der Waals surface area contributed by atoms with E-state index in [2.05, 4.69) is 21.2 Å². The van der Waals surface area contributed by atoms with Gasteiger partial charge in [-0.3, -0.25) is 0 Å². The van der Waals surface area contributed by atoms with Crippen molar-refractivity contribution in [2.24, 2.45) is 0 Å². The van der Waals surface area contributed by atoms with E-state index in [0.29, 0.717) is 5.22 Å². The number of rotatable bonds is 4. The van der Waals surface area contributed by atoms with Gasteiger partial charge in [0.25, 0.3) is 0 Å². The third-order valence-electron chi connectivity index (χ3n) is 2.27. The summed E-state index contributed by atoms with van der Waals surface area (Å²) in [5, 5.41) is 3.68. The first-order valence-electron chi connectivity index (χ1n) is 4.93. The van der Waals surface area contributed by atoms with Crippen LogP contribution in [0.15, 0.2) is 38.0 Å². The Morgan fingerprint density at radius 3 is 2.62 bits per heavy atom. The topological polar surface area (TPSA) is 38.3 Å². The minimum atomic E-state index is -0.0966. The first-order chi connectivity index (χ1) is 7.74. The van der Waals surface area contributed by atoms with Crippen molar-refractivity contribution in [3.8, 4) is 0 Å². The molecule has 0 aliphatic rings. The summed E-state index contributed by atoms with van der Waals surface area (Å²) in [6.45, 7) is 2.83. The summed E-state index contributed by atoms with van der Waals surface area (Å²) in [6, 6.07) is 3.60. The van der Waals surface area contributed by atoms with Crippen molar-refractivity contribution < 1.29 is 8.83 Å². The summed E-state index contributed by atoms with van der Waals surface area (Å²) in [5.74, 6) is 0.796. The normalized spacial score (nSPS) is 12.9. The molecule has 5 heteroatoms. The SMILES string of the molecule is CCNC(c1ccoc1Cl)c1occc1Br. The molecule has 0 radical (unpaired) electrons. The van der Waals surface area contributed by atoms with Gasteiger partial charge in [-0.25, -0.2) is 0 Å². The highest BCUT2D eigenvalue weighted by Gasteiger charge is 2.22. The van der Waals surface area contributed by atoms with Crippen LogP contribution in [-0.2, 0) is 0 Å². The van der Waals surface area contributed by atoms with E-state index in [-0.39, 0.29) is 6.04 Å². The molecule has 0 saturated carbocycles. The average molecular weight is 305 g/mol. The van der Waals surface area contributed by atoms with E-state index in [4.69, 9.17) is 20.4 Å². The Morgan fingerprint density at radius 1 is 1.38 bits per heavy atom. The molecule has 0 amide bonds. The first kappa shape index (κ1) is 11.8. The van der Waals surface area contributed by atoms with E-state index in [9.17, 15) is 0 Å². The van der Waals surface area contributed by atoms with Gasteiger partial charge in [-0.1, -0.05) is 6.92 Å². The fraction of sp³-hybridized carbons (Fsp3) is 0.273. The van der Waals surface area contributed by atoms with E-state index in [1.165, 1.54) is 0 Å². The molecule has 0 aromatic carbocycles. The molecule has 0 aliphatic carbocycles. The van der Waals surface area contributed by atoms with Gasteiger partial charge in [-0.15, -0.1) is 0 Å². The van der Waals surface area contributed by atoms with Crippen molar-refractivity contribution in [2.75, 3.05) is 6.54 Å². The fourth-order valence-electron chi connectivity index (χ4n) is 1.57. The van der Waals surface area contributed by atoms with Gasteiger partial charge in [0.2, 0.25) is 0 Å². The van der Waals surface area contributed by atoms with Crippen LogP contribution in [0.2, 0.25) is 5.22 Å². The Labute approximate surface area is 107 Å². The second-order valence-electron chi connectivity index (χ2n) is 3.27. The molecule has 0 fully saturated rings. The Morgan fingerprint density at radius 2 is 2.12 bits per heavy atom. The van der Waals surface area contributed by atoms with Crippen molar-refractivity contribution in [1.29, 1.82) is 0 Å². The average Bonchev–Trinajstić information content (AvgIpc) is 2.84. The van der Waals surface area contributed by atoms with Crippen LogP contribution in [0.4, 0.5) is 0 Å². The Balaban J connectivity index is 2.39. The zero-order valence-corrected chi connectivity index (χ0v) is 11.0. The van der Waals surface area contributed by atoms with Crippen LogP contribution in [0.25, 0.3) is 0 Å². The highest BCUT2D eigenvalue weighted by atomic mass is 79.9. The van der Waals surface area contributed by atoms with E-state index < -0.39 is 0 Å². The van der Waals surface area contributed by atoms with Gasteiger partial charge in [0.1, 0.15) is 5.76 Å². The number of nitrogens with one attached hydrogen (secondary N) is 1. The molecule has 2 aromatic rings. The molecule has 86 valence electrons. The van der Waals surface area contributed by atoms with Gasteiger partial charge in [0, 0.05) is 5.56 Å². The highest BCUT2D eigenvalue weighted by molar-refractivity contribution is 9.10. The van der Waals surface area contributed by atoms with Gasteiger partial charge in [0.05, 0.1) is 23.0 Å². The van der Waals surface area contributed by atoms with E-state index >= 15 is 0 Å². The summed E-state index contributed by atoms with van der Waals surface area (Å²) >= 11 is 9.42. The molecule has 0 bridgehead atoms. The Kier molecular flexibility index (Phi) is 3.74. The lowest BCUT2D eigenvalue weighted by Gasteiger charge is -2.14. The predicted molar refractivity (Wildman–Crippen MR) is 65.6 cm³/mol. The van der Waals surface area contributed by atoms with Gasteiger partial charge in [-0.05, 0) is 46.2 Å². The molecular weight excluding hydrogens is 293 g/mol. The molecule has 0 saturated heterocycles. The maximum absolute atomic E-state index is 5.98. The lowest BCUT2D eigenvalue weighted by Crippen LogP contribution is -2.21. The summed E-state index contributed by atoms with van der Waals surface area (Å²) < 4.78 is 11.5. The van der Waals surface area contributed by atoms with E-state index in [0.717, 1.165) is 22.3 Å². The lowest BCUT2D eigenvalue weighted by molar-refractivity contribution is 0.447. The number of hydrogen-bond donors (Lipinski definition) is 1. The lowest BCUT2D eigenvalue weighted by atomic mass is 10.1. The molecular formula is C11H11BrClNO2. The minimum absolute atomic E-state index is 0.0966. The summed E-state index contributed by atoms with van der Waals surface area (Å²) in [6.07, 6.45) is 3.20. The molecule has 1 unspecified atom stereocenters. The third kappa shape index (κ3) is 2.19. The van der Waals surface area contributed by atoms with Crippen molar-refractivity contribution in [3.05, 3.63) is 45.7 Å². The van der Waals surface area contributed by atoms with Crippen LogP contribution in [0.3, 0.4) is 0 Å². The van der Waals surface area contributed by atoms with Gasteiger partial charge in [-0.2, -0.15) is 0 Å². The number of furan rings is 2. The van der Waals surface area contributed by atoms with Crippen molar-refractivity contribution >= 4 is 27.5 Å². The van der Waals surface area contributed by atoms with Gasteiger partial charge in [0.15, 0.2) is 5.22 Å². The molecule has 0 aliphatic heterocycles. The number of halogens is 2. The quantitative estimate of drug-likeness (QED) is 0.928. The molecule has 1 N–H and O–H groups in total. The largest absolute Gasteiger partial charge is 0.466 e. The number of hydrogen-bond acceptors (Lipinski definition) is 3. The summed E-state index contributed by atoms with van der Waals surface area (Å²) in [4.78, 5) is 0. The molecule has 2 rings (SSSR count). The minimum Gasteiger partial charge on any atom is -0.466 e. The van der Waals surface area contributed by atoms with Crippen molar-refractivity contribution in [3.63, 3.8) is 0 Å². The highest BCUT2D eigenvalue weighted by Crippen LogP contribution is 2.33. The Hall–Kier alpha value is -0.710. The maximum Gasteiger partial charge on any atom is 0.198 e. The van der Waals surface area contributed by atoms with Gasteiger partial charge >= 0.3 is 0 Å². The second kappa shape index (κ2) is 5.08. The fourth-order valence-corrected chi connectivity index (χ4v) is 2.22. The summed E-state index contributed by atoms with van der Waals surface area (Å²) in [5.41, 5.74) is 0.874. The maximum atomic E-state index is 5.98.